The molecule has 1 amide bonds. The zero-order chi connectivity index (χ0) is 22.3. The Morgan fingerprint density at radius 3 is 2.53 bits per heavy atom. The van der Waals surface area contributed by atoms with Gasteiger partial charge in [0.05, 0.1) is 10.6 Å². The summed E-state index contributed by atoms with van der Waals surface area (Å²) >= 11 is 1.07. The van der Waals surface area contributed by atoms with E-state index in [1.165, 1.54) is 0 Å². The molecule has 3 rings (SSSR count). The Balaban J connectivity index is 1.75. The summed E-state index contributed by atoms with van der Waals surface area (Å²) in [7, 11) is -3.77. The van der Waals surface area contributed by atoms with Gasteiger partial charge in [0.2, 0.25) is 0 Å². The van der Waals surface area contributed by atoms with Gasteiger partial charge in [0.15, 0.2) is 5.13 Å². The minimum atomic E-state index is -3.77. The first kappa shape index (κ1) is 22.7. The number of benzene rings is 1. The van der Waals surface area contributed by atoms with Crippen LogP contribution in [0.1, 0.15) is 66.5 Å². The number of carbonyl (C=O) groups is 1. The van der Waals surface area contributed by atoms with Gasteiger partial charge in [0.1, 0.15) is 4.88 Å². The number of hydrogen-bond acceptors (Lipinski definition) is 5. The third kappa shape index (κ3) is 5.21. The number of amides is 1. The number of thiazole rings is 1. The summed E-state index contributed by atoms with van der Waals surface area (Å²) in [4.78, 5) is 17.8. The van der Waals surface area contributed by atoms with Crippen molar-refractivity contribution in [2.24, 2.45) is 11.3 Å². The molecule has 30 heavy (non-hydrogen) atoms. The Hall–Kier alpha value is -1.93. The molecule has 8 heteroatoms. The van der Waals surface area contributed by atoms with Gasteiger partial charge in [-0.3, -0.25) is 9.52 Å². The smallest absolute Gasteiger partial charge is 0.263 e. The number of aromatic nitrogens is 1. The van der Waals surface area contributed by atoms with Crippen molar-refractivity contribution in [1.29, 1.82) is 0 Å². The van der Waals surface area contributed by atoms with Crippen LogP contribution in [0, 0.1) is 32.1 Å². The van der Waals surface area contributed by atoms with Crippen LogP contribution in [0.2, 0.25) is 0 Å². The molecule has 0 aliphatic heterocycles. The van der Waals surface area contributed by atoms with Crippen LogP contribution < -0.4 is 10.0 Å². The Morgan fingerprint density at radius 2 is 1.90 bits per heavy atom. The molecule has 6 nitrogen and oxygen atoms in total. The molecule has 0 radical (unpaired) electrons. The van der Waals surface area contributed by atoms with Crippen molar-refractivity contribution in [1.82, 2.24) is 10.3 Å². The van der Waals surface area contributed by atoms with Gasteiger partial charge in [-0.25, -0.2) is 13.4 Å². The molecule has 2 unspecified atom stereocenters. The van der Waals surface area contributed by atoms with E-state index < -0.39 is 10.0 Å². The lowest BCUT2D eigenvalue weighted by Gasteiger charge is -2.39. The summed E-state index contributed by atoms with van der Waals surface area (Å²) in [5, 5.41) is 3.34. The number of hydrogen-bond donors (Lipinski definition) is 2. The third-order valence-electron chi connectivity index (χ3n) is 5.57. The van der Waals surface area contributed by atoms with E-state index in [0.717, 1.165) is 36.2 Å². The first-order valence-electron chi connectivity index (χ1n) is 10.2. The summed E-state index contributed by atoms with van der Waals surface area (Å²) < 4.78 is 28.1. The van der Waals surface area contributed by atoms with Gasteiger partial charge in [-0.15, -0.1) is 0 Å². The first-order valence-corrected chi connectivity index (χ1v) is 12.5. The average Bonchev–Trinajstić information content (AvgIpc) is 2.92. The van der Waals surface area contributed by atoms with Gasteiger partial charge in [-0.1, -0.05) is 49.8 Å². The van der Waals surface area contributed by atoms with Gasteiger partial charge in [-0.2, -0.15) is 0 Å². The lowest BCUT2D eigenvalue weighted by Crippen LogP contribution is -2.42. The van der Waals surface area contributed by atoms with E-state index in [9.17, 15) is 13.2 Å². The molecule has 164 valence electrons. The third-order valence-corrected chi connectivity index (χ3v) is 8.27. The van der Waals surface area contributed by atoms with Crippen LogP contribution in [-0.4, -0.2) is 25.4 Å². The Morgan fingerprint density at radius 1 is 1.20 bits per heavy atom. The van der Waals surface area contributed by atoms with E-state index in [0.29, 0.717) is 22.1 Å². The van der Waals surface area contributed by atoms with Crippen LogP contribution in [0.3, 0.4) is 0 Å². The predicted octanol–water partition coefficient (Wildman–Crippen LogP) is 4.81. The summed E-state index contributed by atoms with van der Waals surface area (Å²) in [5.74, 6) is 0.374. The van der Waals surface area contributed by atoms with Gasteiger partial charge < -0.3 is 5.32 Å². The standard InChI is InChI=1S/C22H31N3O3S2/c1-13-7-8-18(15(3)9-13)30(27,28)25-21-23-16(4)19(29-21)20(26)24-17-10-14(2)11-22(5,6)12-17/h7-9,14,17H,10-12H2,1-6H3,(H,23,25)(H,24,26). The quantitative estimate of drug-likeness (QED) is 0.685. The fourth-order valence-electron chi connectivity index (χ4n) is 4.63. The second-order valence-electron chi connectivity index (χ2n) is 9.39. The van der Waals surface area contributed by atoms with Crippen molar-refractivity contribution in [3.05, 3.63) is 39.9 Å². The zero-order valence-corrected chi connectivity index (χ0v) is 20.1. The van der Waals surface area contributed by atoms with Crippen molar-refractivity contribution in [2.75, 3.05) is 4.72 Å². The zero-order valence-electron chi connectivity index (χ0n) is 18.5. The number of nitrogens with one attached hydrogen (secondary N) is 2. The number of rotatable bonds is 5. The SMILES string of the molecule is Cc1ccc(S(=O)(=O)Nc2nc(C)c(C(=O)NC3CC(C)CC(C)(C)C3)s2)c(C)c1. The summed E-state index contributed by atoms with van der Waals surface area (Å²) in [6.07, 6.45) is 3.05. The molecule has 2 N–H and O–H groups in total. The van der Waals surface area contributed by atoms with Crippen LogP contribution in [-0.2, 0) is 10.0 Å². The fourth-order valence-corrected chi connectivity index (χ4v) is 6.96. The minimum Gasteiger partial charge on any atom is -0.349 e. The van der Waals surface area contributed by atoms with E-state index in [-0.39, 0.29) is 27.4 Å². The van der Waals surface area contributed by atoms with Crippen molar-refractivity contribution < 1.29 is 13.2 Å². The fraction of sp³-hybridized carbons (Fsp3) is 0.545. The summed E-state index contributed by atoms with van der Waals surface area (Å²) in [6.45, 7) is 12.1. The molecule has 2 atom stereocenters. The highest BCUT2D eigenvalue weighted by atomic mass is 32.2. The van der Waals surface area contributed by atoms with Gasteiger partial charge in [-0.05, 0) is 63.0 Å². The molecule has 1 aromatic carbocycles. The topological polar surface area (TPSA) is 88.2 Å². The molecule has 1 aliphatic carbocycles. The molecule has 1 heterocycles. The molecule has 2 aromatic rings. The monoisotopic (exact) mass is 449 g/mol. The normalized spacial score (nSPS) is 21.3. The van der Waals surface area contributed by atoms with Gasteiger partial charge in [0.25, 0.3) is 15.9 Å². The second kappa shape index (κ2) is 8.30. The molecule has 1 fully saturated rings. The number of nitrogens with zero attached hydrogens (tertiary/aromatic N) is 1. The maximum Gasteiger partial charge on any atom is 0.263 e. The average molecular weight is 450 g/mol. The molecule has 0 saturated heterocycles. The number of anilines is 1. The highest BCUT2D eigenvalue weighted by Crippen LogP contribution is 2.38. The van der Waals surface area contributed by atoms with Crippen molar-refractivity contribution in [3.63, 3.8) is 0 Å². The number of sulfonamides is 1. The van der Waals surface area contributed by atoms with E-state index >= 15 is 0 Å². The van der Waals surface area contributed by atoms with Crippen LogP contribution in [0.15, 0.2) is 23.1 Å². The molecule has 1 aromatic heterocycles. The maximum absolute atomic E-state index is 12.9. The van der Waals surface area contributed by atoms with Crippen molar-refractivity contribution in [2.45, 2.75) is 71.7 Å². The lowest BCUT2D eigenvalue weighted by atomic mass is 9.70. The molecular formula is C22H31N3O3S2. The number of aryl methyl sites for hydroxylation is 3. The minimum absolute atomic E-state index is 0.119. The van der Waals surface area contributed by atoms with E-state index in [4.69, 9.17) is 0 Å². The van der Waals surface area contributed by atoms with Gasteiger partial charge >= 0.3 is 0 Å². The van der Waals surface area contributed by atoms with Gasteiger partial charge in [0, 0.05) is 6.04 Å². The molecule has 1 aliphatic rings. The Kier molecular flexibility index (Phi) is 6.30. The van der Waals surface area contributed by atoms with E-state index in [2.05, 4.69) is 35.8 Å². The molecular weight excluding hydrogens is 418 g/mol. The van der Waals surface area contributed by atoms with Crippen molar-refractivity contribution in [3.8, 4) is 0 Å². The highest BCUT2D eigenvalue weighted by Gasteiger charge is 2.33. The second-order valence-corrected chi connectivity index (χ2v) is 12.0. The molecule has 0 bridgehead atoms. The Labute approximate surface area is 183 Å². The van der Waals surface area contributed by atoms with E-state index in [1.807, 2.05) is 13.0 Å². The maximum atomic E-state index is 12.9. The van der Waals surface area contributed by atoms with Crippen molar-refractivity contribution >= 4 is 32.4 Å². The van der Waals surface area contributed by atoms with Crippen LogP contribution in [0.5, 0.6) is 0 Å². The van der Waals surface area contributed by atoms with Crippen LogP contribution in [0.25, 0.3) is 0 Å². The predicted molar refractivity (Wildman–Crippen MR) is 122 cm³/mol. The first-order chi connectivity index (χ1) is 13.9. The highest BCUT2D eigenvalue weighted by molar-refractivity contribution is 7.93. The van der Waals surface area contributed by atoms with E-state index in [1.54, 1.807) is 26.0 Å². The lowest BCUT2D eigenvalue weighted by molar-refractivity contribution is 0.0877. The summed E-state index contributed by atoms with van der Waals surface area (Å²) in [6, 6.07) is 5.30. The molecule has 1 saturated carbocycles. The Bertz CT molecular complexity index is 1060. The largest absolute Gasteiger partial charge is 0.349 e. The number of carbonyl (C=O) groups excluding carboxylic acids is 1. The summed E-state index contributed by atoms with van der Waals surface area (Å²) in [5.41, 5.74) is 2.39. The van der Waals surface area contributed by atoms with Crippen LogP contribution in [0.4, 0.5) is 5.13 Å². The molecule has 0 spiro atoms. The van der Waals surface area contributed by atoms with Crippen LogP contribution >= 0.6 is 11.3 Å².